The smallest absolute Gasteiger partial charge is 0.248 e. The Bertz CT molecular complexity index is 488. The van der Waals surface area contributed by atoms with E-state index in [1.807, 2.05) is 23.3 Å². The normalized spacial score (nSPS) is 28.3. The number of ether oxygens (including phenoxy) is 1. The molecule has 110 valence electrons. The van der Waals surface area contributed by atoms with Crippen molar-refractivity contribution in [3.05, 3.63) is 21.9 Å². The Balaban J connectivity index is 1.69. The van der Waals surface area contributed by atoms with Crippen molar-refractivity contribution in [1.82, 2.24) is 9.80 Å². The molecule has 5 heteroatoms. The molecule has 2 aliphatic heterocycles. The number of hydrogen-bond donors (Lipinski definition) is 0. The third-order valence-corrected chi connectivity index (χ3v) is 5.60. The number of aryl methyl sites for hydroxylation is 1. The number of likely N-dealkylation sites (tertiary alicyclic amines) is 1. The Hall–Kier alpha value is -0.910. The maximum absolute atomic E-state index is 11.9. The molecule has 0 aliphatic carbocycles. The van der Waals surface area contributed by atoms with Crippen molar-refractivity contribution in [2.45, 2.75) is 25.9 Å². The number of amides is 1. The first-order valence-corrected chi connectivity index (χ1v) is 8.12. The van der Waals surface area contributed by atoms with Gasteiger partial charge in [-0.2, -0.15) is 0 Å². The van der Waals surface area contributed by atoms with Gasteiger partial charge < -0.3 is 9.64 Å². The molecular formula is C15H22N2O2S. The molecule has 2 aliphatic rings. The second kappa shape index (κ2) is 5.84. The van der Waals surface area contributed by atoms with Gasteiger partial charge in [0, 0.05) is 37.0 Å². The van der Waals surface area contributed by atoms with Crippen molar-refractivity contribution in [3.8, 4) is 0 Å². The number of thiophene rings is 1. The van der Waals surface area contributed by atoms with Crippen molar-refractivity contribution in [2.24, 2.45) is 5.92 Å². The summed E-state index contributed by atoms with van der Waals surface area (Å²) in [5.74, 6) is 0.610. The number of likely N-dealkylation sites (N-methyl/N-ethyl adjacent to an activating group) is 1. The van der Waals surface area contributed by atoms with E-state index in [-0.39, 0.29) is 12.5 Å². The number of rotatable bonds is 2. The molecule has 1 amide bonds. The Labute approximate surface area is 124 Å². The summed E-state index contributed by atoms with van der Waals surface area (Å²) in [5.41, 5.74) is 1.38. The van der Waals surface area contributed by atoms with Crippen LogP contribution < -0.4 is 0 Å². The van der Waals surface area contributed by atoms with Crippen LogP contribution in [0.3, 0.4) is 0 Å². The minimum atomic E-state index is 0.117. The molecule has 2 fully saturated rings. The van der Waals surface area contributed by atoms with Crippen LogP contribution in [0.4, 0.5) is 0 Å². The van der Waals surface area contributed by atoms with Gasteiger partial charge >= 0.3 is 0 Å². The second-order valence-electron chi connectivity index (χ2n) is 5.90. The van der Waals surface area contributed by atoms with Crippen LogP contribution in [-0.2, 0) is 16.1 Å². The Kier molecular flexibility index (Phi) is 4.10. The van der Waals surface area contributed by atoms with Crippen LogP contribution in [0.2, 0.25) is 0 Å². The summed E-state index contributed by atoms with van der Waals surface area (Å²) in [6, 6.07) is 2.49. The molecule has 3 rings (SSSR count). The van der Waals surface area contributed by atoms with Crippen molar-refractivity contribution < 1.29 is 9.53 Å². The zero-order valence-corrected chi connectivity index (χ0v) is 13.0. The Morgan fingerprint density at radius 1 is 1.50 bits per heavy atom. The molecule has 0 unspecified atom stereocenters. The summed E-state index contributed by atoms with van der Waals surface area (Å²) in [4.78, 5) is 17.8. The highest BCUT2D eigenvalue weighted by Crippen LogP contribution is 2.27. The maximum Gasteiger partial charge on any atom is 0.248 e. The number of nitrogens with zero attached hydrogens (tertiary/aromatic N) is 2. The quantitative estimate of drug-likeness (QED) is 0.833. The van der Waals surface area contributed by atoms with Gasteiger partial charge in [0.15, 0.2) is 0 Å². The van der Waals surface area contributed by atoms with Crippen molar-refractivity contribution >= 4 is 17.2 Å². The van der Waals surface area contributed by atoms with Crippen LogP contribution in [0.15, 0.2) is 11.4 Å². The molecule has 0 spiro atoms. The van der Waals surface area contributed by atoms with E-state index in [4.69, 9.17) is 4.74 Å². The lowest BCUT2D eigenvalue weighted by Crippen LogP contribution is -2.52. The van der Waals surface area contributed by atoms with E-state index in [1.165, 1.54) is 10.4 Å². The molecule has 0 bridgehead atoms. The summed E-state index contributed by atoms with van der Waals surface area (Å²) < 4.78 is 5.50. The fraction of sp³-hybridized carbons (Fsp3) is 0.667. The lowest BCUT2D eigenvalue weighted by molar-refractivity contribution is -0.134. The topological polar surface area (TPSA) is 32.8 Å². The van der Waals surface area contributed by atoms with Crippen LogP contribution in [0.1, 0.15) is 16.9 Å². The van der Waals surface area contributed by atoms with E-state index in [9.17, 15) is 4.79 Å². The molecule has 1 aromatic heterocycles. The van der Waals surface area contributed by atoms with Gasteiger partial charge in [0.05, 0.1) is 6.61 Å². The lowest BCUT2D eigenvalue weighted by atomic mass is 9.91. The molecule has 2 saturated heterocycles. The van der Waals surface area contributed by atoms with E-state index >= 15 is 0 Å². The van der Waals surface area contributed by atoms with E-state index in [2.05, 4.69) is 23.3 Å². The van der Waals surface area contributed by atoms with E-state index in [0.717, 1.165) is 32.7 Å². The first-order valence-electron chi connectivity index (χ1n) is 7.24. The van der Waals surface area contributed by atoms with Crippen molar-refractivity contribution in [2.75, 3.05) is 33.4 Å². The molecular weight excluding hydrogens is 272 g/mol. The molecule has 0 aromatic carbocycles. The van der Waals surface area contributed by atoms with Gasteiger partial charge in [0.1, 0.15) is 6.61 Å². The number of carbonyl (C=O) groups excluding carboxylic acids is 1. The van der Waals surface area contributed by atoms with Crippen LogP contribution in [0.25, 0.3) is 0 Å². The number of fused-ring (bicyclic) bond motifs is 1. The highest BCUT2D eigenvalue weighted by atomic mass is 32.1. The van der Waals surface area contributed by atoms with Crippen LogP contribution in [0, 0.1) is 12.8 Å². The number of piperidine rings is 1. The van der Waals surface area contributed by atoms with Crippen molar-refractivity contribution in [1.29, 1.82) is 0 Å². The second-order valence-corrected chi connectivity index (χ2v) is 6.90. The van der Waals surface area contributed by atoms with Gasteiger partial charge in [-0.25, -0.2) is 0 Å². The van der Waals surface area contributed by atoms with Gasteiger partial charge in [-0.05, 0) is 36.9 Å². The van der Waals surface area contributed by atoms with E-state index < -0.39 is 0 Å². The summed E-state index contributed by atoms with van der Waals surface area (Å²) in [7, 11) is 1.93. The predicted molar refractivity (Wildman–Crippen MR) is 79.8 cm³/mol. The molecule has 2 atom stereocenters. The number of hydrogen-bond acceptors (Lipinski definition) is 4. The highest BCUT2D eigenvalue weighted by molar-refractivity contribution is 7.10. The van der Waals surface area contributed by atoms with Gasteiger partial charge in [-0.1, -0.05) is 0 Å². The molecule has 0 radical (unpaired) electrons. The summed E-state index contributed by atoms with van der Waals surface area (Å²) in [6.45, 7) is 6.22. The van der Waals surface area contributed by atoms with Crippen LogP contribution >= 0.6 is 11.3 Å². The van der Waals surface area contributed by atoms with Gasteiger partial charge in [0.25, 0.3) is 0 Å². The maximum atomic E-state index is 11.9. The molecule has 0 N–H and O–H groups in total. The average Bonchev–Trinajstić information content (AvgIpc) is 2.78. The summed E-state index contributed by atoms with van der Waals surface area (Å²) in [5, 5.41) is 2.16. The molecule has 20 heavy (non-hydrogen) atoms. The van der Waals surface area contributed by atoms with Crippen LogP contribution in [0.5, 0.6) is 0 Å². The van der Waals surface area contributed by atoms with E-state index in [1.54, 1.807) is 0 Å². The van der Waals surface area contributed by atoms with Gasteiger partial charge in [0.2, 0.25) is 5.91 Å². The third kappa shape index (κ3) is 2.75. The summed E-state index contributed by atoms with van der Waals surface area (Å²) in [6.07, 6.45) is 1.12. The standard InChI is InChI=1S/C15H22N2O2S/c1-11-4-6-20-14(11)8-17-5-3-12-9-19-10-15(18)16(2)13(12)7-17/h4,6,12-13H,3,5,7-10H2,1-2H3/t12-,13-/m0/s1. The van der Waals surface area contributed by atoms with Crippen molar-refractivity contribution in [3.63, 3.8) is 0 Å². The first kappa shape index (κ1) is 14.0. The number of carbonyl (C=O) groups is 1. The minimum absolute atomic E-state index is 0.117. The largest absolute Gasteiger partial charge is 0.371 e. The first-order chi connectivity index (χ1) is 9.65. The highest BCUT2D eigenvalue weighted by Gasteiger charge is 2.36. The van der Waals surface area contributed by atoms with Gasteiger partial charge in [-0.15, -0.1) is 11.3 Å². The predicted octanol–water partition coefficient (Wildman–Crippen LogP) is 1.74. The molecule has 4 nitrogen and oxygen atoms in total. The lowest BCUT2D eigenvalue weighted by Gasteiger charge is -2.41. The average molecular weight is 294 g/mol. The van der Waals surface area contributed by atoms with Crippen LogP contribution in [-0.4, -0.2) is 55.1 Å². The minimum Gasteiger partial charge on any atom is -0.371 e. The molecule has 3 heterocycles. The zero-order valence-electron chi connectivity index (χ0n) is 12.2. The fourth-order valence-corrected chi connectivity index (χ4v) is 4.12. The Morgan fingerprint density at radius 2 is 2.35 bits per heavy atom. The monoisotopic (exact) mass is 294 g/mol. The summed E-state index contributed by atoms with van der Waals surface area (Å²) >= 11 is 1.83. The zero-order chi connectivity index (χ0) is 14.1. The third-order valence-electron chi connectivity index (χ3n) is 4.59. The fourth-order valence-electron chi connectivity index (χ4n) is 3.18. The SMILES string of the molecule is Cc1ccsc1CN1CC[C@H]2COCC(=O)N(C)[C@H]2C1. The molecule has 1 aromatic rings. The molecule has 0 saturated carbocycles. The van der Waals surface area contributed by atoms with Gasteiger partial charge in [-0.3, -0.25) is 9.69 Å². The van der Waals surface area contributed by atoms with E-state index in [0.29, 0.717) is 12.0 Å². The Morgan fingerprint density at radius 3 is 3.10 bits per heavy atom.